The number of nitrogens with zero attached hydrogens (tertiary/aromatic N) is 1. The molecule has 1 aromatic carbocycles. The smallest absolute Gasteiger partial charge is 0.212 e. The SMILES string of the molecule is CCCNCc1ccccc1-c1ccc(OC)nc1. The summed E-state index contributed by atoms with van der Waals surface area (Å²) in [4.78, 5) is 4.27. The number of aromatic nitrogens is 1. The summed E-state index contributed by atoms with van der Waals surface area (Å²) in [5.74, 6) is 0.644. The molecule has 3 heteroatoms. The second-order valence-electron chi connectivity index (χ2n) is 4.42. The molecule has 0 aliphatic rings. The highest BCUT2D eigenvalue weighted by atomic mass is 16.5. The fourth-order valence-corrected chi connectivity index (χ4v) is 2.02. The summed E-state index contributed by atoms with van der Waals surface area (Å²) in [6.45, 7) is 4.09. The Balaban J connectivity index is 2.22. The van der Waals surface area contributed by atoms with Crippen LogP contribution in [-0.4, -0.2) is 18.6 Å². The molecule has 1 aromatic heterocycles. The summed E-state index contributed by atoms with van der Waals surface area (Å²) >= 11 is 0. The average molecular weight is 256 g/mol. The molecule has 0 atom stereocenters. The number of benzene rings is 1. The molecule has 0 fully saturated rings. The third-order valence-electron chi connectivity index (χ3n) is 3.02. The third-order valence-corrected chi connectivity index (χ3v) is 3.02. The third kappa shape index (κ3) is 3.55. The maximum atomic E-state index is 5.09. The zero-order valence-corrected chi connectivity index (χ0v) is 11.5. The fourth-order valence-electron chi connectivity index (χ4n) is 2.02. The topological polar surface area (TPSA) is 34.1 Å². The van der Waals surface area contributed by atoms with Gasteiger partial charge in [0.1, 0.15) is 0 Å². The van der Waals surface area contributed by atoms with Gasteiger partial charge in [-0.05, 0) is 30.2 Å². The van der Waals surface area contributed by atoms with E-state index in [1.54, 1.807) is 7.11 Å². The molecule has 0 aliphatic carbocycles. The maximum absolute atomic E-state index is 5.09. The Kier molecular flexibility index (Phi) is 4.93. The van der Waals surface area contributed by atoms with E-state index in [0.29, 0.717) is 5.88 Å². The van der Waals surface area contributed by atoms with Crippen LogP contribution in [-0.2, 0) is 6.54 Å². The highest BCUT2D eigenvalue weighted by Crippen LogP contribution is 2.24. The lowest BCUT2D eigenvalue weighted by atomic mass is 10.0. The number of nitrogens with one attached hydrogen (secondary N) is 1. The maximum Gasteiger partial charge on any atom is 0.212 e. The molecule has 2 aromatic rings. The normalized spacial score (nSPS) is 10.4. The molecule has 0 unspecified atom stereocenters. The minimum Gasteiger partial charge on any atom is -0.481 e. The van der Waals surface area contributed by atoms with Crippen LogP contribution in [0.15, 0.2) is 42.6 Å². The molecule has 1 heterocycles. The van der Waals surface area contributed by atoms with Crippen LogP contribution in [0.25, 0.3) is 11.1 Å². The summed E-state index contributed by atoms with van der Waals surface area (Å²) in [5.41, 5.74) is 3.64. The number of pyridine rings is 1. The molecule has 0 saturated heterocycles. The van der Waals surface area contributed by atoms with Crippen LogP contribution in [0, 0.1) is 0 Å². The van der Waals surface area contributed by atoms with Gasteiger partial charge in [0.2, 0.25) is 5.88 Å². The average Bonchev–Trinajstić information content (AvgIpc) is 2.48. The van der Waals surface area contributed by atoms with Crippen LogP contribution >= 0.6 is 0 Å². The number of rotatable bonds is 6. The van der Waals surface area contributed by atoms with Gasteiger partial charge in [0.05, 0.1) is 7.11 Å². The van der Waals surface area contributed by atoms with Crippen molar-refractivity contribution in [2.24, 2.45) is 0 Å². The van der Waals surface area contributed by atoms with Crippen molar-refractivity contribution in [2.45, 2.75) is 19.9 Å². The minimum atomic E-state index is 0.644. The summed E-state index contributed by atoms with van der Waals surface area (Å²) in [7, 11) is 1.63. The van der Waals surface area contributed by atoms with E-state index < -0.39 is 0 Å². The number of hydrogen-bond acceptors (Lipinski definition) is 3. The highest BCUT2D eigenvalue weighted by Gasteiger charge is 2.05. The molecule has 1 N–H and O–H groups in total. The first-order valence-corrected chi connectivity index (χ1v) is 6.64. The quantitative estimate of drug-likeness (QED) is 0.806. The van der Waals surface area contributed by atoms with Gasteiger partial charge in [0, 0.05) is 24.4 Å². The molecule has 0 aliphatic heterocycles. The van der Waals surface area contributed by atoms with Gasteiger partial charge in [-0.3, -0.25) is 0 Å². The van der Waals surface area contributed by atoms with E-state index in [2.05, 4.69) is 41.5 Å². The van der Waals surface area contributed by atoms with E-state index >= 15 is 0 Å². The van der Waals surface area contributed by atoms with Crippen molar-refractivity contribution in [3.05, 3.63) is 48.2 Å². The Morgan fingerprint density at radius 1 is 1.16 bits per heavy atom. The molecule has 0 saturated carbocycles. The van der Waals surface area contributed by atoms with Crippen molar-refractivity contribution >= 4 is 0 Å². The van der Waals surface area contributed by atoms with Crippen LogP contribution in [0.2, 0.25) is 0 Å². The predicted octanol–water partition coefficient (Wildman–Crippen LogP) is 3.26. The zero-order valence-electron chi connectivity index (χ0n) is 11.5. The van der Waals surface area contributed by atoms with Gasteiger partial charge in [-0.1, -0.05) is 31.2 Å². The fraction of sp³-hybridized carbons (Fsp3) is 0.312. The molecule has 0 spiro atoms. The summed E-state index contributed by atoms with van der Waals surface area (Å²) < 4.78 is 5.09. The molecule has 100 valence electrons. The van der Waals surface area contributed by atoms with Gasteiger partial charge in [0.15, 0.2) is 0 Å². The van der Waals surface area contributed by atoms with Crippen LogP contribution in [0.3, 0.4) is 0 Å². The largest absolute Gasteiger partial charge is 0.481 e. The first kappa shape index (κ1) is 13.6. The minimum absolute atomic E-state index is 0.644. The van der Waals surface area contributed by atoms with Crippen LogP contribution in [0.1, 0.15) is 18.9 Å². The van der Waals surface area contributed by atoms with Crippen molar-refractivity contribution < 1.29 is 4.74 Å². The Bertz CT molecular complexity index is 508. The molecule has 2 rings (SSSR count). The van der Waals surface area contributed by atoms with Gasteiger partial charge in [-0.25, -0.2) is 4.98 Å². The lowest BCUT2D eigenvalue weighted by Gasteiger charge is -2.10. The standard InChI is InChI=1S/C16H20N2O/c1-3-10-17-11-13-6-4-5-7-15(13)14-8-9-16(19-2)18-12-14/h4-9,12,17H,3,10-11H2,1-2H3. The molecule has 0 radical (unpaired) electrons. The number of methoxy groups -OCH3 is 1. The van der Waals surface area contributed by atoms with Crippen LogP contribution in [0.5, 0.6) is 5.88 Å². The monoisotopic (exact) mass is 256 g/mol. The van der Waals surface area contributed by atoms with Gasteiger partial charge in [0.25, 0.3) is 0 Å². The lowest BCUT2D eigenvalue weighted by molar-refractivity contribution is 0.398. The zero-order chi connectivity index (χ0) is 13.5. The van der Waals surface area contributed by atoms with Gasteiger partial charge in [-0.2, -0.15) is 0 Å². The van der Waals surface area contributed by atoms with E-state index in [1.165, 1.54) is 11.1 Å². The van der Waals surface area contributed by atoms with E-state index in [4.69, 9.17) is 4.74 Å². The van der Waals surface area contributed by atoms with Crippen molar-refractivity contribution in [1.29, 1.82) is 0 Å². The van der Waals surface area contributed by atoms with E-state index in [9.17, 15) is 0 Å². The number of ether oxygens (including phenoxy) is 1. The van der Waals surface area contributed by atoms with Crippen molar-refractivity contribution in [3.63, 3.8) is 0 Å². The van der Waals surface area contributed by atoms with Gasteiger partial charge < -0.3 is 10.1 Å². The van der Waals surface area contributed by atoms with E-state index in [-0.39, 0.29) is 0 Å². The Hall–Kier alpha value is -1.87. The Morgan fingerprint density at radius 3 is 2.68 bits per heavy atom. The Morgan fingerprint density at radius 2 is 2.00 bits per heavy atom. The number of hydrogen-bond donors (Lipinski definition) is 1. The van der Waals surface area contributed by atoms with E-state index in [1.807, 2.05) is 18.3 Å². The van der Waals surface area contributed by atoms with Crippen molar-refractivity contribution in [2.75, 3.05) is 13.7 Å². The Labute approximate surface area is 114 Å². The van der Waals surface area contributed by atoms with Crippen molar-refractivity contribution in [1.82, 2.24) is 10.3 Å². The highest BCUT2D eigenvalue weighted by molar-refractivity contribution is 5.66. The first-order chi connectivity index (χ1) is 9.35. The van der Waals surface area contributed by atoms with E-state index in [0.717, 1.165) is 25.1 Å². The summed E-state index contributed by atoms with van der Waals surface area (Å²) in [6.07, 6.45) is 3.00. The second kappa shape index (κ2) is 6.90. The second-order valence-corrected chi connectivity index (χ2v) is 4.42. The van der Waals surface area contributed by atoms with Gasteiger partial charge >= 0.3 is 0 Å². The van der Waals surface area contributed by atoms with Crippen LogP contribution in [0.4, 0.5) is 0 Å². The molecular weight excluding hydrogens is 236 g/mol. The summed E-state index contributed by atoms with van der Waals surface area (Å²) in [5, 5.41) is 3.44. The first-order valence-electron chi connectivity index (χ1n) is 6.64. The van der Waals surface area contributed by atoms with Crippen LogP contribution < -0.4 is 10.1 Å². The molecular formula is C16H20N2O. The molecule has 3 nitrogen and oxygen atoms in total. The summed E-state index contributed by atoms with van der Waals surface area (Å²) in [6, 6.07) is 12.4. The lowest BCUT2D eigenvalue weighted by Crippen LogP contribution is -2.14. The van der Waals surface area contributed by atoms with Gasteiger partial charge in [-0.15, -0.1) is 0 Å². The molecule has 0 bridgehead atoms. The van der Waals surface area contributed by atoms with Crippen molar-refractivity contribution in [3.8, 4) is 17.0 Å². The molecule has 0 amide bonds. The molecule has 19 heavy (non-hydrogen) atoms. The predicted molar refractivity (Wildman–Crippen MR) is 78.2 cm³/mol.